The molecule has 0 aliphatic carbocycles. The highest BCUT2D eigenvalue weighted by molar-refractivity contribution is 8.04. The van der Waals surface area contributed by atoms with Crippen LogP contribution < -0.4 is 9.47 Å². The van der Waals surface area contributed by atoms with Crippen molar-refractivity contribution in [2.75, 3.05) is 26.0 Å². The summed E-state index contributed by atoms with van der Waals surface area (Å²) in [6.45, 7) is 6.44. The molecular formula is C23H25NO4S. The number of hydrogen-bond acceptors (Lipinski definition) is 5. The van der Waals surface area contributed by atoms with Crippen molar-refractivity contribution >= 4 is 29.1 Å². The van der Waals surface area contributed by atoms with Crippen LogP contribution in [0.5, 0.6) is 11.5 Å². The summed E-state index contributed by atoms with van der Waals surface area (Å²) in [6, 6.07) is 13.2. The van der Waals surface area contributed by atoms with Gasteiger partial charge in [0, 0.05) is 0 Å². The number of benzene rings is 2. The minimum atomic E-state index is -0.278. The molecule has 5 nitrogen and oxygen atoms in total. The zero-order chi connectivity index (χ0) is 21.0. The van der Waals surface area contributed by atoms with Gasteiger partial charge in [0.05, 0.1) is 24.1 Å². The summed E-state index contributed by atoms with van der Waals surface area (Å²) in [4.78, 5) is 27.7. The second kappa shape index (κ2) is 9.18. The first kappa shape index (κ1) is 21.0. The lowest BCUT2D eigenvalue weighted by atomic mass is 10.1. The van der Waals surface area contributed by atoms with Crippen molar-refractivity contribution in [1.29, 1.82) is 0 Å². The summed E-state index contributed by atoms with van der Waals surface area (Å²) < 4.78 is 11.0. The molecule has 152 valence electrons. The molecule has 1 aliphatic rings. The molecule has 29 heavy (non-hydrogen) atoms. The number of rotatable bonds is 8. The third-order valence-electron chi connectivity index (χ3n) is 4.57. The van der Waals surface area contributed by atoms with E-state index >= 15 is 0 Å². The van der Waals surface area contributed by atoms with E-state index < -0.39 is 0 Å². The summed E-state index contributed by atoms with van der Waals surface area (Å²) in [5.41, 5.74) is 3.39. The van der Waals surface area contributed by atoms with Crippen molar-refractivity contribution in [3.8, 4) is 11.5 Å². The summed E-state index contributed by atoms with van der Waals surface area (Å²) in [6.07, 6.45) is 0. The third kappa shape index (κ3) is 4.65. The number of amides is 2. The highest BCUT2D eigenvalue weighted by atomic mass is 32.2. The van der Waals surface area contributed by atoms with Gasteiger partial charge in [0.25, 0.3) is 11.8 Å². The molecule has 2 aromatic rings. The largest absolute Gasteiger partial charge is 0.497 e. The smallest absolute Gasteiger partial charge is 0.268 e. The van der Waals surface area contributed by atoms with E-state index in [-0.39, 0.29) is 25.0 Å². The van der Waals surface area contributed by atoms with Gasteiger partial charge in [-0.05, 0) is 60.6 Å². The molecule has 2 aromatic carbocycles. The van der Waals surface area contributed by atoms with E-state index in [2.05, 4.69) is 6.07 Å². The second-order valence-corrected chi connectivity index (χ2v) is 8.07. The number of aryl methyl sites for hydroxylation is 2. The zero-order valence-corrected chi connectivity index (χ0v) is 18.0. The summed E-state index contributed by atoms with van der Waals surface area (Å²) in [5.74, 6) is 1.63. The first-order chi connectivity index (χ1) is 13.9. The van der Waals surface area contributed by atoms with Crippen LogP contribution >= 0.6 is 11.8 Å². The number of thioether (sulfide) groups is 1. The minimum absolute atomic E-state index is 0.206. The Morgan fingerprint density at radius 3 is 2.17 bits per heavy atom. The van der Waals surface area contributed by atoms with Crippen molar-refractivity contribution in [2.45, 2.75) is 20.8 Å². The lowest BCUT2D eigenvalue weighted by Crippen LogP contribution is -2.35. The number of imide groups is 1. The lowest BCUT2D eigenvalue weighted by molar-refractivity contribution is -0.136. The van der Waals surface area contributed by atoms with E-state index in [0.717, 1.165) is 22.4 Å². The highest BCUT2D eigenvalue weighted by Crippen LogP contribution is 2.36. The number of methoxy groups -OCH3 is 1. The van der Waals surface area contributed by atoms with Gasteiger partial charge in [-0.3, -0.25) is 14.5 Å². The molecule has 0 aromatic heterocycles. The molecule has 3 rings (SSSR count). The lowest BCUT2D eigenvalue weighted by Gasteiger charge is -2.16. The van der Waals surface area contributed by atoms with Crippen LogP contribution in [0.3, 0.4) is 0 Å². The Morgan fingerprint density at radius 1 is 0.931 bits per heavy atom. The first-order valence-electron chi connectivity index (χ1n) is 9.53. The Labute approximate surface area is 175 Å². The van der Waals surface area contributed by atoms with Gasteiger partial charge in [0.15, 0.2) is 0 Å². The maximum Gasteiger partial charge on any atom is 0.268 e. The van der Waals surface area contributed by atoms with E-state index in [1.54, 1.807) is 19.2 Å². The van der Waals surface area contributed by atoms with E-state index in [9.17, 15) is 9.59 Å². The van der Waals surface area contributed by atoms with Crippen LogP contribution in [0.2, 0.25) is 0 Å². The van der Waals surface area contributed by atoms with E-state index in [1.165, 1.54) is 16.7 Å². The molecule has 0 saturated carbocycles. The van der Waals surface area contributed by atoms with Crippen molar-refractivity contribution in [3.05, 3.63) is 64.1 Å². The normalized spacial score (nSPS) is 14.0. The second-order valence-electron chi connectivity index (χ2n) is 6.80. The van der Waals surface area contributed by atoms with Crippen LogP contribution in [0.1, 0.15) is 23.6 Å². The monoisotopic (exact) mass is 411 g/mol. The molecule has 1 aliphatic heterocycles. The first-order valence-corrected chi connectivity index (χ1v) is 10.5. The van der Waals surface area contributed by atoms with Crippen molar-refractivity contribution in [2.24, 2.45) is 0 Å². The van der Waals surface area contributed by atoms with Gasteiger partial charge in [-0.15, -0.1) is 11.8 Å². The zero-order valence-electron chi connectivity index (χ0n) is 17.2. The Hall–Kier alpha value is -2.73. The van der Waals surface area contributed by atoms with Gasteiger partial charge in [-0.25, -0.2) is 0 Å². The summed E-state index contributed by atoms with van der Waals surface area (Å²) in [7, 11) is 1.59. The number of hydrogen-bond donors (Lipinski definition) is 0. The quantitative estimate of drug-likeness (QED) is 0.609. The predicted octanol–water partition coefficient (Wildman–Crippen LogP) is 4.22. The number of carbonyl (C=O) groups excluding carboxylic acids is 2. The number of ether oxygens (including phenoxy) is 2. The van der Waals surface area contributed by atoms with Gasteiger partial charge >= 0.3 is 0 Å². The van der Waals surface area contributed by atoms with Crippen LogP contribution in [0, 0.1) is 13.8 Å². The fourth-order valence-electron chi connectivity index (χ4n) is 3.32. The van der Waals surface area contributed by atoms with Gasteiger partial charge in [0.2, 0.25) is 0 Å². The Morgan fingerprint density at radius 2 is 1.59 bits per heavy atom. The van der Waals surface area contributed by atoms with Gasteiger partial charge in [-0.1, -0.05) is 25.1 Å². The summed E-state index contributed by atoms with van der Waals surface area (Å²) in [5, 5.41) is 0. The molecule has 0 N–H and O–H groups in total. The van der Waals surface area contributed by atoms with Crippen molar-refractivity contribution in [1.82, 2.24) is 4.90 Å². The maximum absolute atomic E-state index is 13.1. The van der Waals surface area contributed by atoms with E-state index in [0.29, 0.717) is 22.0 Å². The van der Waals surface area contributed by atoms with Crippen LogP contribution in [0.15, 0.2) is 47.4 Å². The SMILES string of the molecule is CCSC1=C(c2ccc(OC)cc2)C(=O)N(CCOc2cc(C)cc(C)c2)C1=O. The van der Waals surface area contributed by atoms with Crippen molar-refractivity contribution in [3.63, 3.8) is 0 Å². The van der Waals surface area contributed by atoms with Crippen molar-refractivity contribution < 1.29 is 19.1 Å². The average Bonchev–Trinajstić information content (AvgIpc) is 2.92. The summed E-state index contributed by atoms with van der Waals surface area (Å²) >= 11 is 1.40. The molecule has 0 spiro atoms. The fourth-order valence-corrected chi connectivity index (χ4v) is 4.19. The van der Waals surface area contributed by atoms with Gasteiger partial charge < -0.3 is 9.47 Å². The third-order valence-corrected chi connectivity index (χ3v) is 5.53. The Kier molecular flexibility index (Phi) is 6.64. The molecule has 1 heterocycles. The van der Waals surface area contributed by atoms with E-state index in [1.807, 2.05) is 45.0 Å². The molecule has 0 saturated heterocycles. The molecule has 0 unspecified atom stereocenters. The van der Waals surface area contributed by atoms with Gasteiger partial charge in [0.1, 0.15) is 18.1 Å². The van der Waals surface area contributed by atoms with Crippen LogP contribution in [0.25, 0.3) is 5.57 Å². The minimum Gasteiger partial charge on any atom is -0.497 e. The Bertz CT molecular complexity index is 930. The highest BCUT2D eigenvalue weighted by Gasteiger charge is 2.38. The van der Waals surface area contributed by atoms with Crippen LogP contribution in [-0.4, -0.2) is 42.7 Å². The molecule has 2 amide bonds. The fraction of sp³-hybridized carbons (Fsp3) is 0.304. The molecular weight excluding hydrogens is 386 g/mol. The average molecular weight is 412 g/mol. The molecule has 0 atom stereocenters. The molecule has 0 fully saturated rings. The standard InChI is InChI=1S/C23H25NO4S/c1-5-29-21-20(17-6-8-18(27-4)9-7-17)22(25)24(23(21)26)10-11-28-19-13-15(2)12-16(3)14-19/h6-9,12-14H,5,10-11H2,1-4H3. The number of carbonyl (C=O) groups is 2. The topological polar surface area (TPSA) is 55.8 Å². The predicted molar refractivity (Wildman–Crippen MR) is 116 cm³/mol. The molecule has 0 bridgehead atoms. The van der Waals surface area contributed by atoms with E-state index in [4.69, 9.17) is 9.47 Å². The van der Waals surface area contributed by atoms with Crippen LogP contribution in [-0.2, 0) is 9.59 Å². The molecule has 0 radical (unpaired) electrons. The Balaban J connectivity index is 1.76. The van der Waals surface area contributed by atoms with Crippen LogP contribution in [0.4, 0.5) is 0 Å². The molecule has 6 heteroatoms. The maximum atomic E-state index is 13.1. The number of nitrogens with zero attached hydrogens (tertiary/aromatic N) is 1. The van der Waals surface area contributed by atoms with Gasteiger partial charge in [-0.2, -0.15) is 0 Å².